The molecule has 1 aliphatic carbocycles. The predicted octanol–water partition coefficient (Wildman–Crippen LogP) is 5.31. The maximum absolute atomic E-state index is 14.8. The van der Waals surface area contributed by atoms with E-state index in [1.165, 1.54) is 29.2 Å². The van der Waals surface area contributed by atoms with Gasteiger partial charge in [-0.1, -0.05) is 23.7 Å². The Balaban J connectivity index is 1.20. The molecular formula is C32H29ClF2N8O. The highest BCUT2D eigenvalue weighted by Gasteiger charge is 2.33. The summed E-state index contributed by atoms with van der Waals surface area (Å²) < 4.78 is 29.7. The first-order valence-corrected chi connectivity index (χ1v) is 14.3. The quantitative estimate of drug-likeness (QED) is 0.299. The van der Waals surface area contributed by atoms with Gasteiger partial charge in [0.25, 0.3) is 5.91 Å². The van der Waals surface area contributed by atoms with Crippen LogP contribution < -0.4 is 5.32 Å². The van der Waals surface area contributed by atoms with Crippen molar-refractivity contribution in [1.29, 1.82) is 5.41 Å². The molecule has 224 valence electrons. The fraction of sp³-hybridized carbons (Fsp3) is 0.219. The molecule has 0 spiro atoms. The number of fused-ring (bicyclic) bond motifs is 3. The van der Waals surface area contributed by atoms with E-state index in [2.05, 4.69) is 20.2 Å². The van der Waals surface area contributed by atoms with E-state index in [1.807, 2.05) is 25.1 Å². The Morgan fingerprint density at radius 3 is 2.43 bits per heavy atom. The van der Waals surface area contributed by atoms with Crippen molar-refractivity contribution in [3.8, 4) is 0 Å². The van der Waals surface area contributed by atoms with Crippen LogP contribution in [-0.4, -0.2) is 82.0 Å². The number of carbonyl (C=O) groups is 1. The monoisotopic (exact) mass is 614 g/mol. The molecule has 3 aromatic rings. The van der Waals surface area contributed by atoms with Crippen molar-refractivity contribution in [2.75, 3.05) is 39.5 Å². The van der Waals surface area contributed by atoms with Crippen molar-refractivity contribution in [2.24, 2.45) is 4.99 Å². The third-order valence-corrected chi connectivity index (χ3v) is 8.15. The van der Waals surface area contributed by atoms with Gasteiger partial charge >= 0.3 is 0 Å². The summed E-state index contributed by atoms with van der Waals surface area (Å²) in [6.45, 7) is 1.41. The number of aliphatic imine (C=N–C) groups is 1. The number of hydrogen-bond donors (Lipinski definition) is 2. The molecule has 0 atom stereocenters. The molecule has 9 nitrogen and oxygen atoms in total. The molecule has 1 fully saturated rings. The first-order chi connectivity index (χ1) is 21.1. The molecule has 1 aromatic heterocycles. The summed E-state index contributed by atoms with van der Waals surface area (Å²) in [6.07, 6.45) is 7.00. The van der Waals surface area contributed by atoms with Gasteiger partial charge in [0, 0.05) is 61.0 Å². The van der Waals surface area contributed by atoms with E-state index in [9.17, 15) is 13.6 Å². The number of halogens is 3. The molecule has 6 rings (SSSR count). The first-order valence-electron chi connectivity index (χ1n) is 13.9. The number of allylic oxidation sites excluding steroid dienone is 5. The van der Waals surface area contributed by atoms with Crippen molar-refractivity contribution < 1.29 is 13.6 Å². The van der Waals surface area contributed by atoms with Crippen LogP contribution in [0.2, 0.25) is 0 Å². The standard InChI is InChI=1S/C32H29ClF2N8O/c1-41(2)21-16-43(17-21)31(36)42(3)30(44)18-7-10-20(11-8-18)39-32-38-14-19-9-12-22-23(28-25(34)5-4-6-26(28)35)13-27(33)37-15-24(22)29(19)40-32/h4-8,10-15,21,36H,9,16-17H2,1-3H3,(H,38,39,40). The third kappa shape index (κ3) is 5.51. The van der Waals surface area contributed by atoms with E-state index in [1.54, 1.807) is 43.7 Å². The van der Waals surface area contributed by atoms with Crippen LogP contribution in [0.5, 0.6) is 0 Å². The van der Waals surface area contributed by atoms with Gasteiger partial charge in [-0.3, -0.25) is 15.1 Å². The third-order valence-electron chi connectivity index (χ3n) is 7.94. The Kier molecular flexibility index (Phi) is 7.83. The fourth-order valence-electron chi connectivity index (χ4n) is 5.29. The van der Waals surface area contributed by atoms with Crippen molar-refractivity contribution >= 4 is 51.4 Å². The highest BCUT2D eigenvalue weighted by molar-refractivity contribution is 6.69. The number of nitrogens with one attached hydrogen (secondary N) is 2. The second-order valence-corrected chi connectivity index (χ2v) is 11.3. The fourth-order valence-corrected chi connectivity index (χ4v) is 5.45. The minimum atomic E-state index is -0.706. The molecule has 2 aliphatic heterocycles. The van der Waals surface area contributed by atoms with E-state index < -0.39 is 11.6 Å². The smallest absolute Gasteiger partial charge is 0.260 e. The van der Waals surface area contributed by atoms with Crippen LogP contribution in [0.1, 0.15) is 27.2 Å². The summed E-state index contributed by atoms with van der Waals surface area (Å²) in [6, 6.07) is 10.9. The number of likely N-dealkylation sites (N-methyl/N-ethyl adjacent to an activating group) is 1. The molecule has 3 heterocycles. The second-order valence-electron chi connectivity index (χ2n) is 11.0. The van der Waals surface area contributed by atoms with Gasteiger partial charge in [0.05, 0.1) is 11.3 Å². The van der Waals surface area contributed by atoms with Crippen molar-refractivity contribution in [2.45, 2.75) is 12.5 Å². The average molecular weight is 615 g/mol. The van der Waals surface area contributed by atoms with Crippen LogP contribution in [0.25, 0.3) is 11.1 Å². The zero-order valence-electron chi connectivity index (χ0n) is 24.3. The topological polar surface area (TPSA) is 101 Å². The average Bonchev–Trinajstić information content (AvgIpc) is 3.14. The molecule has 0 radical (unpaired) electrons. The molecule has 3 aliphatic rings. The number of rotatable bonds is 5. The lowest BCUT2D eigenvalue weighted by molar-refractivity contribution is 0.0794. The number of nitrogens with zero attached hydrogens (tertiary/aromatic N) is 6. The van der Waals surface area contributed by atoms with Crippen LogP contribution in [0.15, 0.2) is 77.6 Å². The normalized spacial score (nSPS) is 16.0. The van der Waals surface area contributed by atoms with Crippen molar-refractivity contribution in [3.63, 3.8) is 0 Å². The summed E-state index contributed by atoms with van der Waals surface area (Å²) in [7, 11) is 5.61. The van der Waals surface area contributed by atoms with Gasteiger partial charge in [-0.25, -0.2) is 23.7 Å². The Hall–Kier alpha value is -4.74. The number of carbonyl (C=O) groups excluding carboxylic acids is 1. The van der Waals surface area contributed by atoms with E-state index in [0.29, 0.717) is 59.6 Å². The Morgan fingerprint density at radius 2 is 1.75 bits per heavy atom. The van der Waals surface area contributed by atoms with Crippen LogP contribution >= 0.6 is 11.6 Å². The highest BCUT2D eigenvalue weighted by Crippen LogP contribution is 2.41. The number of amides is 1. The molecule has 1 amide bonds. The zero-order chi connectivity index (χ0) is 31.1. The number of benzene rings is 2. The molecular weight excluding hydrogens is 586 g/mol. The van der Waals surface area contributed by atoms with E-state index in [4.69, 9.17) is 22.0 Å². The van der Waals surface area contributed by atoms with Gasteiger partial charge in [-0.15, -0.1) is 0 Å². The Morgan fingerprint density at radius 1 is 1.05 bits per heavy atom. The van der Waals surface area contributed by atoms with Gasteiger partial charge in [-0.2, -0.15) is 0 Å². The zero-order valence-corrected chi connectivity index (χ0v) is 25.0. The largest absolute Gasteiger partial charge is 0.339 e. The number of aromatic nitrogens is 2. The predicted molar refractivity (Wildman–Crippen MR) is 168 cm³/mol. The van der Waals surface area contributed by atoms with Crippen LogP contribution in [-0.2, 0) is 6.42 Å². The van der Waals surface area contributed by atoms with Crippen LogP contribution in [0.4, 0.5) is 20.4 Å². The molecule has 2 aromatic carbocycles. The lowest BCUT2D eigenvalue weighted by Gasteiger charge is -2.45. The maximum atomic E-state index is 14.8. The number of likely N-dealkylation sites (tertiary alicyclic amines) is 1. The van der Waals surface area contributed by atoms with Crippen molar-refractivity contribution in [3.05, 3.63) is 107 Å². The minimum absolute atomic E-state index is 0.0810. The summed E-state index contributed by atoms with van der Waals surface area (Å²) in [4.78, 5) is 31.8. The molecule has 0 saturated carbocycles. The van der Waals surface area contributed by atoms with Gasteiger partial charge in [0.1, 0.15) is 16.8 Å². The van der Waals surface area contributed by atoms with Crippen LogP contribution in [0.3, 0.4) is 0 Å². The molecule has 12 heteroatoms. The van der Waals surface area contributed by atoms with Gasteiger partial charge < -0.3 is 15.1 Å². The van der Waals surface area contributed by atoms with Crippen LogP contribution in [0, 0.1) is 17.0 Å². The summed E-state index contributed by atoms with van der Waals surface area (Å²) in [5.74, 6) is -1.24. The minimum Gasteiger partial charge on any atom is -0.339 e. The summed E-state index contributed by atoms with van der Waals surface area (Å²) in [5.41, 5.74) is 3.68. The SMILES string of the molecule is CN(C(=N)N1CC(N(C)C)C1)C(=O)c1ccc(Nc2ncc3c(n2)C2=CN=C(Cl)C=C(c4c(F)cccc4F)C2=CC3)cc1. The molecule has 0 unspecified atom stereocenters. The highest BCUT2D eigenvalue weighted by atomic mass is 35.5. The molecule has 1 saturated heterocycles. The van der Waals surface area contributed by atoms with E-state index in [0.717, 1.165) is 5.56 Å². The molecule has 2 N–H and O–H groups in total. The lowest BCUT2D eigenvalue weighted by Crippen LogP contribution is -2.62. The molecule has 0 bridgehead atoms. The number of guanidine groups is 1. The van der Waals surface area contributed by atoms with Gasteiger partial charge in [0.2, 0.25) is 11.9 Å². The maximum Gasteiger partial charge on any atom is 0.260 e. The second kappa shape index (κ2) is 11.7. The lowest BCUT2D eigenvalue weighted by atomic mass is 9.84. The molecule has 44 heavy (non-hydrogen) atoms. The van der Waals surface area contributed by atoms with Gasteiger partial charge in [-0.05, 0) is 74.1 Å². The Bertz CT molecular complexity index is 1770. The number of anilines is 2. The van der Waals surface area contributed by atoms with E-state index >= 15 is 0 Å². The Labute approximate surface area is 258 Å². The van der Waals surface area contributed by atoms with Crippen molar-refractivity contribution in [1.82, 2.24) is 24.7 Å². The first kappa shape index (κ1) is 29.3. The van der Waals surface area contributed by atoms with E-state index in [-0.39, 0.29) is 28.2 Å². The van der Waals surface area contributed by atoms with Gasteiger partial charge in [0.15, 0.2) is 0 Å². The summed E-state index contributed by atoms with van der Waals surface area (Å²) >= 11 is 6.28. The summed E-state index contributed by atoms with van der Waals surface area (Å²) in [5, 5.41) is 11.7. The number of hydrogen-bond acceptors (Lipinski definition) is 7.